The maximum absolute atomic E-state index is 12.2. The molecule has 2 aromatic rings. The molecule has 0 spiro atoms. The van der Waals surface area contributed by atoms with E-state index in [0.717, 1.165) is 11.1 Å². The fourth-order valence-corrected chi connectivity index (χ4v) is 2.52. The second kappa shape index (κ2) is 7.58. The number of aliphatic carboxylic acids is 1. The van der Waals surface area contributed by atoms with Gasteiger partial charge in [0, 0.05) is 12.1 Å². The van der Waals surface area contributed by atoms with Gasteiger partial charge in [0.15, 0.2) is 0 Å². The number of carbonyl (C=O) groups excluding carboxylic acids is 1. The summed E-state index contributed by atoms with van der Waals surface area (Å²) in [6.07, 6.45) is -0.0563. The molecule has 0 aliphatic heterocycles. The normalized spacial score (nSPS) is 13.1. The van der Waals surface area contributed by atoms with Gasteiger partial charge >= 0.3 is 5.97 Å². The van der Waals surface area contributed by atoms with Crippen molar-refractivity contribution in [1.82, 2.24) is 0 Å². The van der Waals surface area contributed by atoms with Crippen molar-refractivity contribution in [3.05, 3.63) is 65.7 Å². The van der Waals surface area contributed by atoms with Crippen molar-refractivity contribution in [1.29, 1.82) is 0 Å². The van der Waals surface area contributed by atoms with Crippen LogP contribution in [0.25, 0.3) is 0 Å². The van der Waals surface area contributed by atoms with E-state index in [1.54, 1.807) is 0 Å². The number of anilines is 1. The van der Waals surface area contributed by atoms with E-state index in [9.17, 15) is 14.7 Å². The van der Waals surface area contributed by atoms with Gasteiger partial charge in [-0.1, -0.05) is 55.0 Å². The van der Waals surface area contributed by atoms with Gasteiger partial charge in [0.25, 0.3) is 0 Å². The standard InChI is InChI=1S/C19H21NO3/c1-13-8-10-16(11-9-13)20-18(21)12-17(19(22)23)14(2)15-6-4-3-5-7-15/h3-11,14,17H,12H2,1-2H3,(H,20,21)(H,22,23)/t14-,17+/m1/s1. The predicted molar refractivity (Wildman–Crippen MR) is 90.4 cm³/mol. The number of carboxylic acid groups (broad SMARTS) is 1. The lowest BCUT2D eigenvalue weighted by Gasteiger charge is -2.20. The molecular weight excluding hydrogens is 290 g/mol. The third-order valence-electron chi connectivity index (χ3n) is 3.99. The largest absolute Gasteiger partial charge is 0.481 e. The van der Waals surface area contributed by atoms with E-state index in [1.807, 2.05) is 68.4 Å². The molecule has 0 fully saturated rings. The zero-order chi connectivity index (χ0) is 16.8. The average Bonchev–Trinajstić information content (AvgIpc) is 2.55. The second-order valence-electron chi connectivity index (χ2n) is 5.76. The molecule has 2 atom stereocenters. The molecule has 0 aliphatic rings. The highest BCUT2D eigenvalue weighted by Gasteiger charge is 2.28. The lowest BCUT2D eigenvalue weighted by molar-refractivity contribution is -0.144. The number of benzene rings is 2. The van der Waals surface area contributed by atoms with Gasteiger partial charge in [-0.05, 0) is 30.5 Å². The summed E-state index contributed by atoms with van der Waals surface area (Å²) in [6.45, 7) is 3.81. The summed E-state index contributed by atoms with van der Waals surface area (Å²) >= 11 is 0. The maximum Gasteiger partial charge on any atom is 0.307 e. The zero-order valence-corrected chi connectivity index (χ0v) is 13.3. The van der Waals surface area contributed by atoms with Gasteiger partial charge in [-0.2, -0.15) is 0 Å². The van der Waals surface area contributed by atoms with Gasteiger partial charge in [0.2, 0.25) is 5.91 Å². The molecule has 1 amide bonds. The molecule has 120 valence electrons. The highest BCUT2D eigenvalue weighted by molar-refractivity contribution is 5.93. The minimum absolute atomic E-state index is 0.0563. The van der Waals surface area contributed by atoms with E-state index in [-0.39, 0.29) is 18.2 Å². The van der Waals surface area contributed by atoms with Crippen LogP contribution in [0.1, 0.15) is 30.4 Å². The Labute approximate surface area is 136 Å². The molecule has 23 heavy (non-hydrogen) atoms. The summed E-state index contributed by atoms with van der Waals surface area (Å²) < 4.78 is 0. The fourth-order valence-electron chi connectivity index (χ4n) is 2.52. The van der Waals surface area contributed by atoms with Crippen LogP contribution >= 0.6 is 0 Å². The Bertz CT molecular complexity index is 665. The summed E-state index contributed by atoms with van der Waals surface area (Å²) in [4.78, 5) is 23.7. The van der Waals surface area contributed by atoms with Gasteiger partial charge in [-0.3, -0.25) is 9.59 Å². The van der Waals surface area contributed by atoms with Gasteiger partial charge in [-0.15, -0.1) is 0 Å². The van der Waals surface area contributed by atoms with Crippen molar-refractivity contribution < 1.29 is 14.7 Å². The summed E-state index contributed by atoms with van der Waals surface area (Å²) in [6, 6.07) is 16.8. The smallest absolute Gasteiger partial charge is 0.307 e. The van der Waals surface area contributed by atoms with Crippen molar-refractivity contribution in [2.75, 3.05) is 5.32 Å². The number of carbonyl (C=O) groups is 2. The highest BCUT2D eigenvalue weighted by Crippen LogP contribution is 2.27. The summed E-state index contributed by atoms with van der Waals surface area (Å²) in [7, 11) is 0. The summed E-state index contributed by atoms with van der Waals surface area (Å²) in [5.74, 6) is -2.25. The van der Waals surface area contributed by atoms with E-state index in [2.05, 4.69) is 5.32 Å². The molecule has 0 unspecified atom stereocenters. The Balaban J connectivity index is 2.05. The first-order chi connectivity index (χ1) is 11.0. The minimum atomic E-state index is -0.958. The number of amides is 1. The van der Waals surface area contributed by atoms with Crippen molar-refractivity contribution >= 4 is 17.6 Å². The molecule has 2 N–H and O–H groups in total. The molecule has 4 nitrogen and oxygen atoms in total. The fraction of sp³-hybridized carbons (Fsp3) is 0.263. The Morgan fingerprint density at radius 3 is 2.22 bits per heavy atom. The molecule has 0 saturated carbocycles. The van der Waals surface area contributed by atoms with E-state index in [4.69, 9.17) is 0 Å². The Morgan fingerprint density at radius 1 is 1.04 bits per heavy atom. The monoisotopic (exact) mass is 311 g/mol. The number of carboxylic acids is 1. The molecule has 4 heteroatoms. The minimum Gasteiger partial charge on any atom is -0.481 e. The molecule has 2 rings (SSSR count). The van der Waals surface area contributed by atoms with Gasteiger partial charge in [0.1, 0.15) is 0 Å². The SMILES string of the molecule is Cc1ccc(NC(=O)C[C@H](C(=O)O)[C@H](C)c2ccccc2)cc1. The average molecular weight is 311 g/mol. The van der Waals surface area contributed by atoms with Gasteiger partial charge < -0.3 is 10.4 Å². The van der Waals surface area contributed by atoms with Crippen molar-refractivity contribution in [3.63, 3.8) is 0 Å². The number of aryl methyl sites for hydroxylation is 1. The Kier molecular flexibility index (Phi) is 5.52. The molecule has 0 aromatic heterocycles. The molecule has 0 heterocycles. The zero-order valence-electron chi connectivity index (χ0n) is 13.3. The van der Waals surface area contributed by atoms with Crippen LogP contribution in [0, 0.1) is 12.8 Å². The molecular formula is C19H21NO3. The second-order valence-corrected chi connectivity index (χ2v) is 5.76. The number of rotatable bonds is 6. The lowest BCUT2D eigenvalue weighted by Crippen LogP contribution is -2.26. The third kappa shape index (κ3) is 4.68. The molecule has 0 aliphatic carbocycles. The lowest BCUT2D eigenvalue weighted by atomic mass is 9.85. The summed E-state index contributed by atoms with van der Waals surface area (Å²) in [5, 5.41) is 12.2. The Hall–Kier alpha value is -2.62. The first-order valence-electron chi connectivity index (χ1n) is 7.61. The predicted octanol–water partition coefficient (Wildman–Crippen LogP) is 3.83. The van der Waals surface area contributed by atoms with Crippen LogP contribution in [0.15, 0.2) is 54.6 Å². The van der Waals surface area contributed by atoms with Crippen molar-refractivity contribution in [2.24, 2.45) is 5.92 Å². The van der Waals surface area contributed by atoms with Crippen LogP contribution in [0.2, 0.25) is 0 Å². The molecule has 0 radical (unpaired) electrons. The number of hydrogen-bond donors (Lipinski definition) is 2. The van der Waals surface area contributed by atoms with Crippen LogP contribution in [0.5, 0.6) is 0 Å². The number of nitrogens with one attached hydrogen (secondary N) is 1. The van der Waals surface area contributed by atoms with Crippen molar-refractivity contribution in [3.8, 4) is 0 Å². The highest BCUT2D eigenvalue weighted by atomic mass is 16.4. The topological polar surface area (TPSA) is 66.4 Å². The van der Waals surface area contributed by atoms with Crippen LogP contribution in [0.4, 0.5) is 5.69 Å². The van der Waals surface area contributed by atoms with Gasteiger partial charge in [0.05, 0.1) is 5.92 Å². The van der Waals surface area contributed by atoms with Crippen LogP contribution in [-0.4, -0.2) is 17.0 Å². The number of hydrogen-bond acceptors (Lipinski definition) is 2. The van der Waals surface area contributed by atoms with Gasteiger partial charge in [-0.25, -0.2) is 0 Å². The molecule has 0 bridgehead atoms. The van der Waals surface area contributed by atoms with Crippen LogP contribution in [-0.2, 0) is 9.59 Å². The molecule has 2 aromatic carbocycles. The molecule has 0 saturated heterocycles. The van der Waals surface area contributed by atoms with E-state index in [0.29, 0.717) is 5.69 Å². The van der Waals surface area contributed by atoms with Crippen LogP contribution < -0.4 is 5.32 Å². The van der Waals surface area contributed by atoms with E-state index < -0.39 is 11.9 Å². The Morgan fingerprint density at radius 2 is 1.65 bits per heavy atom. The van der Waals surface area contributed by atoms with Crippen LogP contribution in [0.3, 0.4) is 0 Å². The first-order valence-corrected chi connectivity index (χ1v) is 7.61. The van der Waals surface area contributed by atoms with E-state index >= 15 is 0 Å². The summed E-state index contributed by atoms with van der Waals surface area (Å²) in [5.41, 5.74) is 2.70. The van der Waals surface area contributed by atoms with E-state index in [1.165, 1.54) is 0 Å². The van der Waals surface area contributed by atoms with Crippen molar-refractivity contribution in [2.45, 2.75) is 26.2 Å². The first kappa shape index (κ1) is 16.7. The maximum atomic E-state index is 12.2. The third-order valence-corrected chi connectivity index (χ3v) is 3.99. The quantitative estimate of drug-likeness (QED) is 0.852.